The Morgan fingerprint density at radius 2 is 1.28 bits per heavy atom. The number of benzene rings is 3. The average molecular weight is 405 g/mol. The van der Waals surface area contributed by atoms with E-state index in [9.17, 15) is 4.79 Å². The van der Waals surface area contributed by atoms with Crippen molar-refractivity contribution >= 4 is 25.7 Å². The molecule has 0 unspecified atom stereocenters. The lowest BCUT2D eigenvalue weighted by atomic mass is 10.2. The van der Waals surface area contributed by atoms with E-state index in [4.69, 9.17) is 4.52 Å². The number of amides is 1. The molecule has 1 aliphatic rings. The molecule has 0 aliphatic carbocycles. The Morgan fingerprint density at radius 3 is 1.79 bits per heavy atom. The molecule has 1 amide bonds. The number of para-hydroxylation sites is 2. The van der Waals surface area contributed by atoms with Gasteiger partial charge in [0, 0.05) is 36.6 Å². The molecule has 5 nitrogen and oxygen atoms in total. The minimum Gasteiger partial charge on any atom is -0.350 e. The lowest BCUT2D eigenvalue weighted by Crippen LogP contribution is -2.28. The highest BCUT2D eigenvalue weighted by molar-refractivity contribution is 7.56. The summed E-state index contributed by atoms with van der Waals surface area (Å²) in [5.74, 6) is -0.0757. The second-order valence-corrected chi connectivity index (χ2v) is 8.35. The first-order valence-corrected chi connectivity index (χ1v) is 10.9. The van der Waals surface area contributed by atoms with Crippen molar-refractivity contribution in [1.29, 1.82) is 0 Å². The van der Waals surface area contributed by atoms with Crippen molar-refractivity contribution in [2.75, 3.05) is 35.6 Å². The monoisotopic (exact) mass is 405 g/mol. The van der Waals surface area contributed by atoms with E-state index >= 15 is 0 Å². The molecule has 0 aromatic heterocycles. The van der Waals surface area contributed by atoms with Crippen molar-refractivity contribution in [3.8, 4) is 0 Å². The van der Waals surface area contributed by atoms with Gasteiger partial charge in [0.05, 0.1) is 6.61 Å². The maximum atomic E-state index is 12.2. The van der Waals surface area contributed by atoms with Gasteiger partial charge in [-0.25, -0.2) is 0 Å². The zero-order valence-corrected chi connectivity index (χ0v) is 17.0. The number of carbonyl (C=O) groups is 1. The van der Waals surface area contributed by atoms with Crippen molar-refractivity contribution in [3.63, 3.8) is 0 Å². The molecule has 0 bridgehead atoms. The number of nitrogens with one attached hydrogen (secondary N) is 1. The van der Waals surface area contributed by atoms with Gasteiger partial charge in [-0.1, -0.05) is 54.6 Å². The van der Waals surface area contributed by atoms with Crippen LogP contribution in [0.3, 0.4) is 0 Å². The summed E-state index contributed by atoms with van der Waals surface area (Å²) in [6, 6.07) is 30.0. The summed E-state index contributed by atoms with van der Waals surface area (Å²) in [5.41, 5.74) is 2.98. The number of carbonyl (C=O) groups excluding carboxylic acids is 1. The van der Waals surface area contributed by atoms with Crippen molar-refractivity contribution in [1.82, 2.24) is 5.32 Å². The molecule has 0 saturated carbocycles. The summed E-state index contributed by atoms with van der Waals surface area (Å²) in [6.07, 6.45) is 0. The molecule has 1 heterocycles. The average Bonchev–Trinajstić information content (AvgIpc) is 3.22. The maximum Gasteiger partial charge on any atom is 0.251 e. The summed E-state index contributed by atoms with van der Waals surface area (Å²) in [4.78, 5) is 12.2. The van der Waals surface area contributed by atoms with Crippen LogP contribution in [0.25, 0.3) is 0 Å². The molecule has 0 spiro atoms. The van der Waals surface area contributed by atoms with Crippen LogP contribution in [-0.2, 0) is 4.52 Å². The first kappa shape index (κ1) is 19.4. The standard InChI is InChI=1S/C23H24N3O2P/c27-23(20-10-4-1-5-11-20)24-16-19-28-29-25(21-12-6-2-7-13-21)17-18-26(29)22-14-8-3-9-15-22/h1-15H,16-19H2,(H,24,27). The Morgan fingerprint density at radius 1 is 0.793 bits per heavy atom. The van der Waals surface area contributed by atoms with Crippen molar-refractivity contribution in [2.24, 2.45) is 0 Å². The Kier molecular flexibility index (Phi) is 6.40. The summed E-state index contributed by atoms with van der Waals surface area (Å²) in [6.45, 7) is 2.73. The molecular weight excluding hydrogens is 381 g/mol. The van der Waals surface area contributed by atoms with Gasteiger partial charge in [-0.3, -0.25) is 4.79 Å². The van der Waals surface area contributed by atoms with Gasteiger partial charge in [-0.2, -0.15) is 0 Å². The summed E-state index contributed by atoms with van der Waals surface area (Å²) < 4.78 is 11.0. The van der Waals surface area contributed by atoms with E-state index in [-0.39, 0.29) is 5.91 Å². The van der Waals surface area contributed by atoms with Gasteiger partial charge < -0.3 is 19.2 Å². The third-order valence-electron chi connectivity index (χ3n) is 4.68. The highest BCUT2D eigenvalue weighted by Gasteiger charge is 2.34. The fourth-order valence-corrected chi connectivity index (χ4v) is 5.25. The molecule has 29 heavy (non-hydrogen) atoms. The van der Waals surface area contributed by atoms with Gasteiger partial charge in [-0.15, -0.1) is 0 Å². The van der Waals surface area contributed by atoms with Crippen LogP contribution in [0.2, 0.25) is 0 Å². The largest absolute Gasteiger partial charge is 0.350 e. The second-order valence-electron chi connectivity index (χ2n) is 6.63. The van der Waals surface area contributed by atoms with E-state index < -0.39 is 8.45 Å². The Bertz CT molecular complexity index is 862. The van der Waals surface area contributed by atoms with E-state index in [2.05, 4.69) is 38.9 Å². The number of hydrogen-bond donors (Lipinski definition) is 1. The zero-order chi connectivity index (χ0) is 19.9. The van der Waals surface area contributed by atoms with Crippen molar-refractivity contribution in [2.45, 2.75) is 0 Å². The Labute approximate surface area is 172 Å². The lowest BCUT2D eigenvalue weighted by molar-refractivity contribution is 0.0948. The van der Waals surface area contributed by atoms with Crippen LogP contribution >= 0.6 is 8.45 Å². The molecule has 0 radical (unpaired) electrons. The Hall–Kier alpha value is -2.88. The number of rotatable bonds is 7. The topological polar surface area (TPSA) is 44.8 Å². The fourth-order valence-electron chi connectivity index (χ4n) is 3.27. The van der Waals surface area contributed by atoms with Gasteiger partial charge in [-0.05, 0) is 36.4 Å². The highest BCUT2D eigenvalue weighted by atomic mass is 31.2. The van der Waals surface area contributed by atoms with Crippen LogP contribution in [-0.4, -0.2) is 32.1 Å². The minimum atomic E-state index is -0.994. The van der Waals surface area contributed by atoms with Crippen LogP contribution < -0.4 is 14.7 Å². The van der Waals surface area contributed by atoms with Gasteiger partial charge in [0.2, 0.25) is 8.45 Å². The molecule has 0 atom stereocenters. The van der Waals surface area contributed by atoms with Gasteiger partial charge in [0.15, 0.2) is 0 Å². The maximum absolute atomic E-state index is 12.2. The normalized spacial score (nSPS) is 14.2. The minimum absolute atomic E-state index is 0.0757. The van der Waals surface area contributed by atoms with Crippen LogP contribution in [0.4, 0.5) is 11.4 Å². The number of hydrogen-bond acceptors (Lipinski definition) is 4. The van der Waals surface area contributed by atoms with Crippen LogP contribution in [0, 0.1) is 0 Å². The third-order valence-corrected chi connectivity index (χ3v) is 6.78. The summed E-state index contributed by atoms with van der Waals surface area (Å²) in [5, 5.41) is 2.94. The van der Waals surface area contributed by atoms with E-state index in [0.29, 0.717) is 18.7 Å². The molecule has 148 valence electrons. The van der Waals surface area contributed by atoms with E-state index in [1.807, 2.05) is 66.7 Å². The molecule has 3 aromatic carbocycles. The van der Waals surface area contributed by atoms with Crippen molar-refractivity contribution in [3.05, 3.63) is 96.6 Å². The molecule has 1 fully saturated rings. The van der Waals surface area contributed by atoms with E-state index in [0.717, 1.165) is 24.5 Å². The van der Waals surface area contributed by atoms with Gasteiger partial charge in [0.1, 0.15) is 0 Å². The second kappa shape index (κ2) is 9.55. The molecular formula is C23H24N3O2P. The summed E-state index contributed by atoms with van der Waals surface area (Å²) >= 11 is 0. The zero-order valence-electron chi connectivity index (χ0n) is 16.1. The smallest absolute Gasteiger partial charge is 0.251 e. The van der Waals surface area contributed by atoms with E-state index in [1.54, 1.807) is 0 Å². The molecule has 1 aliphatic heterocycles. The fraction of sp³-hybridized carbons (Fsp3) is 0.174. The quantitative estimate of drug-likeness (QED) is 0.458. The van der Waals surface area contributed by atoms with Gasteiger partial charge in [0.25, 0.3) is 5.91 Å². The van der Waals surface area contributed by atoms with Crippen molar-refractivity contribution < 1.29 is 9.32 Å². The first-order chi connectivity index (χ1) is 14.3. The van der Waals surface area contributed by atoms with Gasteiger partial charge >= 0.3 is 0 Å². The molecule has 1 saturated heterocycles. The predicted octanol–water partition coefficient (Wildman–Crippen LogP) is 4.69. The molecule has 6 heteroatoms. The van der Waals surface area contributed by atoms with Crippen LogP contribution in [0.15, 0.2) is 91.0 Å². The lowest BCUT2D eigenvalue weighted by Gasteiger charge is -2.30. The predicted molar refractivity (Wildman–Crippen MR) is 119 cm³/mol. The molecule has 1 N–H and O–H groups in total. The van der Waals surface area contributed by atoms with E-state index in [1.165, 1.54) is 0 Å². The molecule has 3 aromatic rings. The SMILES string of the molecule is O=C(NCCOP1N(c2ccccc2)CCN1c1ccccc1)c1ccccc1. The summed E-state index contributed by atoms with van der Waals surface area (Å²) in [7, 11) is -0.994. The number of anilines is 2. The first-order valence-electron chi connectivity index (χ1n) is 9.74. The Balaban J connectivity index is 1.41. The highest BCUT2D eigenvalue weighted by Crippen LogP contribution is 2.53. The number of nitrogens with zero attached hydrogens (tertiary/aromatic N) is 2. The molecule has 4 rings (SSSR count). The van der Waals surface area contributed by atoms with Crippen LogP contribution in [0.1, 0.15) is 10.4 Å². The van der Waals surface area contributed by atoms with Crippen LogP contribution in [0.5, 0.6) is 0 Å². The third kappa shape index (κ3) is 4.76.